The number of nitrogens with zero attached hydrogens (tertiary/aromatic N) is 2. The van der Waals surface area contributed by atoms with Crippen molar-refractivity contribution in [3.8, 4) is 0 Å². The number of thiophene rings is 1. The first-order chi connectivity index (χ1) is 14.3. The zero-order chi connectivity index (χ0) is 21.7. The predicted molar refractivity (Wildman–Crippen MR) is 118 cm³/mol. The number of hydrogen-bond donors (Lipinski definition) is 2. The van der Waals surface area contributed by atoms with E-state index in [1.165, 1.54) is 17.5 Å². The fourth-order valence-corrected chi connectivity index (χ4v) is 4.11. The van der Waals surface area contributed by atoms with Gasteiger partial charge in [0.1, 0.15) is 11.9 Å². The number of anilines is 1. The van der Waals surface area contributed by atoms with Gasteiger partial charge in [0.2, 0.25) is 11.8 Å². The maximum absolute atomic E-state index is 13.0. The summed E-state index contributed by atoms with van der Waals surface area (Å²) in [7, 11) is 0. The van der Waals surface area contributed by atoms with Gasteiger partial charge < -0.3 is 15.5 Å². The van der Waals surface area contributed by atoms with Crippen molar-refractivity contribution in [3.63, 3.8) is 0 Å². The van der Waals surface area contributed by atoms with E-state index in [9.17, 15) is 14.4 Å². The molecule has 1 saturated heterocycles. The summed E-state index contributed by atoms with van der Waals surface area (Å²) >= 11 is 7.16. The second-order valence-electron chi connectivity index (χ2n) is 7.62. The van der Waals surface area contributed by atoms with Gasteiger partial charge in [-0.2, -0.15) is 0 Å². The van der Waals surface area contributed by atoms with Crippen LogP contribution in [0.3, 0.4) is 0 Å². The molecule has 7 nitrogen and oxygen atoms in total. The van der Waals surface area contributed by atoms with E-state index in [4.69, 9.17) is 11.6 Å². The van der Waals surface area contributed by atoms with Crippen LogP contribution < -0.4 is 10.6 Å². The summed E-state index contributed by atoms with van der Waals surface area (Å²) in [6, 6.07) is 6.27. The van der Waals surface area contributed by atoms with Crippen LogP contribution in [0.2, 0.25) is 5.02 Å². The van der Waals surface area contributed by atoms with Gasteiger partial charge in [0, 0.05) is 25.2 Å². The number of nitrogens with one attached hydrogen (secondary N) is 2. The third kappa shape index (κ3) is 5.58. The monoisotopic (exact) mass is 448 g/mol. The van der Waals surface area contributed by atoms with Crippen LogP contribution in [0.15, 0.2) is 35.8 Å². The molecule has 3 heterocycles. The van der Waals surface area contributed by atoms with Crippen LogP contribution in [0.1, 0.15) is 36.4 Å². The summed E-state index contributed by atoms with van der Waals surface area (Å²) in [5.41, 5.74) is 0. The summed E-state index contributed by atoms with van der Waals surface area (Å²) < 4.78 is 0. The maximum Gasteiger partial charge on any atom is 0.262 e. The van der Waals surface area contributed by atoms with E-state index in [0.29, 0.717) is 41.6 Å². The molecular weight excluding hydrogens is 424 g/mol. The lowest BCUT2D eigenvalue weighted by molar-refractivity contribution is -0.137. The van der Waals surface area contributed by atoms with E-state index in [1.807, 2.05) is 19.2 Å². The highest BCUT2D eigenvalue weighted by Crippen LogP contribution is 2.21. The number of likely N-dealkylation sites (tertiary alicyclic amines) is 1. The number of piperidine rings is 1. The van der Waals surface area contributed by atoms with Gasteiger partial charge in [-0.15, -0.1) is 11.3 Å². The minimum atomic E-state index is -0.594. The molecule has 1 aliphatic heterocycles. The minimum absolute atomic E-state index is 0.0431. The van der Waals surface area contributed by atoms with Gasteiger partial charge in [-0.25, -0.2) is 4.98 Å². The summed E-state index contributed by atoms with van der Waals surface area (Å²) in [4.78, 5) is 44.3. The highest BCUT2D eigenvalue weighted by Gasteiger charge is 2.33. The van der Waals surface area contributed by atoms with E-state index >= 15 is 0 Å². The highest BCUT2D eigenvalue weighted by atomic mass is 35.5. The second-order valence-corrected chi connectivity index (χ2v) is 9.01. The third-order valence-corrected chi connectivity index (χ3v) is 6.21. The van der Waals surface area contributed by atoms with Crippen LogP contribution in [0, 0.1) is 11.8 Å². The quantitative estimate of drug-likeness (QED) is 0.708. The second kappa shape index (κ2) is 10.0. The molecule has 2 aromatic heterocycles. The molecule has 0 radical (unpaired) electrons. The molecule has 3 amide bonds. The average molecular weight is 449 g/mol. The van der Waals surface area contributed by atoms with Crippen molar-refractivity contribution < 1.29 is 14.4 Å². The van der Waals surface area contributed by atoms with Gasteiger partial charge >= 0.3 is 0 Å². The van der Waals surface area contributed by atoms with Crippen molar-refractivity contribution in [1.29, 1.82) is 0 Å². The smallest absolute Gasteiger partial charge is 0.262 e. The number of aromatic nitrogens is 1. The Morgan fingerprint density at radius 2 is 1.93 bits per heavy atom. The maximum atomic E-state index is 13.0. The first kappa shape index (κ1) is 22.2. The van der Waals surface area contributed by atoms with Gasteiger partial charge in [0.25, 0.3) is 5.91 Å². The van der Waals surface area contributed by atoms with Crippen molar-refractivity contribution >= 4 is 46.5 Å². The van der Waals surface area contributed by atoms with Crippen LogP contribution in [-0.4, -0.2) is 46.7 Å². The van der Waals surface area contributed by atoms with Gasteiger partial charge in [0.15, 0.2) is 0 Å². The van der Waals surface area contributed by atoms with Crippen LogP contribution in [0.4, 0.5) is 5.82 Å². The zero-order valence-corrected chi connectivity index (χ0v) is 18.5. The van der Waals surface area contributed by atoms with E-state index in [-0.39, 0.29) is 29.6 Å². The number of halogens is 1. The molecule has 0 aliphatic carbocycles. The molecule has 1 fully saturated rings. The molecule has 2 N–H and O–H groups in total. The van der Waals surface area contributed by atoms with Gasteiger partial charge in [-0.05, 0) is 42.3 Å². The molecule has 0 aromatic carbocycles. The first-order valence-corrected chi connectivity index (χ1v) is 11.2. The third-order valence-electron chi connectivity index (χ3n) is 5.12. The first-order valence-electron chi connectivity index (χ1n) is 9.90. The fourth-order valence-electron chi connectivity index (χ4n) is 3.37. The number of pyridine rings is 1. The average Bonchev–Trinajstić information content (AvgIpc) is 3.28. The number of amides is 3. The lowest BCUT2D eigenvalue weighted by Crippen LogP contribution is -2.53. The van der Waals surface area contributed by atoms with Gasteiger partial charge in [-0.3, -0.25) is 14.4 Å². The van der Waals surface area contributed by atoms with Crippen molar-refractivity contribution in [2.75, 3.05) is 18.4 Å². The number of rotatable bonds is 6. The van der Waals surface area contributed by atoms with Crippen LogP contribution in [0.5, 0.6) is 0 Å². The summed E-state index contributed by atoms with van der Waals surface area (Å²) in [6.45, 7) is 4.78. The van der Waals surface area contributed by atoms with Crippen molar-refractivity contribution in [3.05, 3.63) is 45.7 Å². The van der Waals surface area contributed by atoms with E-state index in [1.54, 1.807) is 29.2 Å². The normalized spacial score (nSPS) is 15.7. The topological polar surface area (TPSA) is 91.4 Å². The van der Waals surface area contributed by atoms with Crippen LogP contribution in [-0.2, 0) is 9.59 Å². The Morgan fingerprint density at radius 3 is 2.50 bits per heavy atom. The fraction of sp³-hybridized carbons (Fsp3) is 0.429. The highest BCUT2D eigenvalue weighted by molar-refractivity contribution is 7.12. The number of carbonyl (C=O) groups is 3. The molecule has 0 spiro atoms. The summed E-state index contributed by atoms with van der Waals surface area (Å²) in [6.07, 6.45) is 2.61. The Hall–Kier alpha value is -2.45. The van der Waals surface area contributed by atoms with E-state index < -0.39 is 6.04 Å². The number of carbonyl (C=O) groups excluding carboxylic acids is 3. The molecular formula is C21H25ClN4O3S. The lowest BCUT2D eigenvalue weighted by atomic mass is 9.94. The van der Waals surface area contributed by atoms with Crippen LogP contribution >= 0.6 is 22.9 Å². The molecule has 0 bridgehead atoms. The van der Waals surface area contributed by atoms with Crippen molar-refractivity contribution in [2.24, 2.45) is 11.8 Å². The van der Waals surface area contributed by atoms with Gasteiger partial charge in [0.05, 0.1) is 9.90 Å². The summed E-state index contributed by atoms with van der Waals surface area (Å²) in [5.74, 6) is -0.222. The zero-order valence-electron chi connectivity index (χ0n) is 16.9. The molecule has 1 unspecified atom stereocenters. The molecule has 30 heavy (non-hydrogen) atoms. The molecule has 2 aromatic rings. The molecule has 0 saturated carbocycles. The van der Waals surface area contributed by atoms with Crippen LogP contribution in [0.25, 0.3) is 0 Å². The molecule has 1 atom stereocenters. The van der Waals surface area contributed by atoms with E-state index in [2.05, 4.69) is 15.6 Å². The largest absolute Gasteiger partial charge is 0.341 e. The molecule has 9 heteroatoms. The van der Waals surface area contributed by atoms with Crippen molar-refractivity contribution in [2.45, 2.75) is 32.7 Å². The molecule has 1 aliphatic rings. The Bertz CT molecular complexity index is 878. The standard InChI is InChI=1S/C21H25ClN4O3S/c1-13(2)18(25-20(28)16-4-3-11-30-16)21(29)26-9-7-14(8-10-26)19(27)24-17-6-5-15(22)12-23-17/h3-6,11-14,18H,7-10H2,1-2H3,(H,25,28)(H,23,24,27). The molecule has 160 valence electrons. The SMILES string of the molecule is CC(C)C(NC(=O)c1cccs1)C(=O)N1CCC(C(=O)Nc2ccc(Cl)cn2)CC1. The Morgan fingerprint density at radius 1 is 1.20 bits per heavy atom. The Kier molecular flexibility index (Phi) is 7.44. The van der Waals surface area contributed by atoms with E-state index in [0.717, 1.165) is 0 Å². The predicted octanol–water partition coefficient (Wildman–Crippen LogP) is 3.43. The lowest BCUT2D eigenvalue weighted by Gasteiger charge is -2.34. The van der Waals surface area contributed by atoms with Crippen molar-refractivity contribution in [1.82, 2.24) is 15.2 Å². The van der Waals surface area contributed by atoms with Gasteiger partial charge in [-0.1, -0.05) is 31.5 Å². The molecule has 3 rings (SSSR count). The number of hydrogen-bond acceptors (Lipinski definition) is 5. The Labute approximate surface area is 184 Å². The Balaban J connectivity index is 1.54. The minimum Gasteiger partial charge on any atom is -0.341 e. The summed E-state index contributed by atoms with van der Waals surface area (Å²) in [5, 5.41) is 8.00.